The molecule has 1 atom stereocenters. The minimum atomic E-state index is 0.124. The van der Waals surface area contributed by atoms with Crippen LogP contribution in [0.3, 0.4) is 0 Å². The first-order valence-electron chi connectivity index (χ1n) is 6.10. The highest BCUT2D eigenvalue weighted by Gasteiger charge is 2.08. The van der Waals surface area contributed by atoms with E-state index in [4.69, 9.17) is 0 Å². The van der Waals surface area contributed by atoms with Gasteiger partial charge in [0.1, 0.15) is 0 Å². The van der Waals surface area contributed by atoms with Gasteiger partial charge in [-0.15, -0.1) is 11.8 Å². The molecular weight excluding hydrogens is 230 g/mol. The summed E-state index contributed by atoms with van der Waals surface area (Å²) in [6.45, 7) is 6.82. The Hall–Kier alpha value is -0.960. The summed E-state index contributed by atoms with van der Waals surface area (Å²) in [4.78, 5) is 12.8. The molecule has 1 rings (SSSR count). The smallest absolute Gasteiger partial charge is 0.222 e. The molecule has 0 aliphatic heterocycles. The third-order valence-corrected chi connectivity index (χ3v) is 3.76. The van der Waals surface area contributed by atoms with E-state index in [0.29, 0.717) is 0 Å². The first-order valence-corrected chi connectivity index (χ1v) is 7.09. The molecule has 0 bridgehead atoms. The van der Waals surface area contributed by atoms with Crippen LogP contribution in [0.25, 0.3) is 0 Å². The second-order valence-corrected chi connectivity index (χ2v) is 5.43. The Bertz CT molecular complexity index is 348. The molecule has 0 aliphatic rings. The summed E-state index contributed by atoms with van der Waals surface area (Å²) in [5.41, 5.74) is 1.28. The van der Waals surface area contributed by atoms with Gasteiger partial charge in [-0.3, -0.25) is 4.79 Å². The van der Waals surface area contributed by atoms with Crippen molar-refractivity contribution in [1.82, 2.24) is 5.32 Å². The van der Waals surface area contributed by atoms with Crippen molar-refractivity contribution in [3.63, 3.8) is 0 Å². The number of carbonyl (C=O) groups is 1. The zero-order valence-corrected chi connectivity index (χ0v) is 11.6. The maximum atomic E-state index is 11.5. The van der Waals surface area contributed by atoms with Crippen LogP contribution in [-0.2, 0) is 4.79 Å². The van der Waals surface area contributed by atoms with Crippen LogP contribution in [0.2, 0.25) is 0 Å². The number of benzene rings is 1. The molecule has 3 heteroatoms. The molecule has 1 amide bonds. The van der Waals surface area contributed by atoms with E-state index in [2.05, 4.69) is 36.5 Å². The standard InChI is InChI=1S/C14H21NOS/c1-4-12(3)14(16)15-9-10-17-13-7-5-11(2)6-8-13/h5-8,12H,4,9-10H2,1-3H3,(H,15,16)/t12-/m1/s1. The third-order valence-electron chi connectivity index (χ3n) is 2.75. The van der Waals surface area contributed by atoms with Crippen molar-refractivity contribution in [2.75, 3.05) is 12.3 Å². The molecule has 0 aliphatic carbocycles. The highest BCUT2D eigenvalue weighted by atomic mass is 32.2. The minimum absolute atomic E-state index is 0.124. The Labute approximate surface area is 108 Å². The van der Waals surface area contributed by atoms with Crippen molar-refractivity contribution in [2.24, 2.45) is 5.92 Å². The van der Waals surface area contributed by atoms with Gasteiger partial charge in [-0.05, 0) is 25.5 Å². The van der Waals surface area contributed by atoms with E-state index in [1.54, 1.807) is 11.8 Å². The van der Waals surface area contributed by atoms with E-state index < -0.39 is 0 Å². The Balaban J connectivity index is 2.20. The number of carbonyl (C=O) groups excluding carboxylic acids is 1. The molecule has 0 radical (unpaired) electrons. The Morgan fingerprint density at radius 3 is 2.59 bits per heavy atom. The van der Waals surface area contributed by atoms with Crippen LogP contribution < -0.4 is 5.32 Å². The molecule has 0 aromatic heterocycles. The van der Waals surface area contributed by atoms with Gasteiger partial charge in [0, 0.05) is 23.1 Å². The largest absolute Gasteiger partial charge is 0.355 e. The average Bonchev–Trinajstić information content (AvgIpc) is 2.35. The van der Waals surface area contributed by atoms with Gasteiger partial charge < -0.3 is 5.32 Å². The Morgan fingerprint density at radius 1 is 1.35 bits per heavy atom. The van der Waals surface area contributed by atoms with E-state index >= 15 is 0 Å². The summed E-state index contributed by atoms with van der Waals surface area (Å²) < 4.78 is 0. The fourth-order valence-corrected chi connectivity index (χ4v) is 2.11. The molecule has 0 heterocycles. The fraction of sp³-hybridized carbons (Fsp3) is 0.500. The summed E-state index contributed by atoms with van der Waals surface area (Å²) in [7, 11) is 0. The van der Waals surface area contributed by atoms with Crippen molar-refractivity contribution < 1.29 is 4.79 Å². The SMILES string of the molecule is CC[C@@H](C)C(=O)NCCSc1ccc(C)cc1. The second-order valence-electron chi connectivity index (χ2n) is 4.26. The van der Waals surface area contributed by atoms with Crippen molar-refractivity contribution >= 4 is 17.7 Å². The lowest BCUT2D eigenvalue weighted by molar-refractivity contribution is -0.124. The zero-order valence-electron chi connectivity index (χ0n) is 10.8. The van der Waals surface area contributed by atoms with Gasteiger partial charge in [-0.2, -0.15) is 0 Å². The minimum Gasteiger partial charge on any atom is -0.355 e. The van der Waals surface area contributed by atoms with Gasteiger partial charge in [-0.25, -0.2) is 0 Å². The lowest BCUT2D eigenvalue weighted by atomic mass is 10.1. The van der Waals surface area contributed by atoms with E-state index in [9.17, 15) is 4.79 Å². The van der Waals surface area contributed by atoms with Crippen LogP contribution in [0, 0.1) is 12.8 Å². The topological polar surface area (TPSA) is 29.1 Å². The van der Waals surface area contributed by atoms with Crippen LogP contribution in [0.5, 0.6) is 0 Å². The number of nitrogens with one attached hydrogen (secondary N) is 1. The van der Waals surface area contributed by atoms with E-state index in [1.165, 1.54) is 10.5 Å². The van der Waals surface area contributed by atoms with Gasteiger partial charge in [0.15, 0.2) is 0 Å². The fourth-order valence-electron chi connectivity index (χ4n) is 1.34. The number of hydrogen-bond acceptors (Lipinski definition) is 2. The molecule has 1 aromatic carbocycles. The monoisotopic (exact) mass is 251 g/mol. The highest BCUT2D eigenvalue weighted by molar-refractivity contribution is 7.99. The molecule has 0 saturated heterocycles. The third kappa shape index (κ3) is 5.26. The summed E-state index contributed by atoms with van der Waals surface area (Å²) in [5, 5.41) is 2.96. The summed E-state index contributed by atoms with van der Waals surface area (Å²) >= 11 is 1.78. The van der Waals surface area contributed by atoms with Gasteiger partial charge >= 0.3 is 0 Å². The number of rotatable bonds is 6. The molecule has 0 saturated carbocycles. The predicted octanol–water partition coefficient (Wildman–Crippen LogP) is 3.25. The average molecular weight is 251 g/mol. The maximum absolute atomic E-state index is 11.5. The molecular formula is C14H21NOS. The van der Waals surface area contributed by atoms with E-state index in [1.807, 2.05) is 13.8 Å². The van der Waals surface area contributed by atoms with E-state index in [0.717, 1.165) is 18.7 Å². The number of aryl methyl sites for hydroxylation is 1. The van der Waals surface area contributed by atoms with Crippen molar-refractivity contribution in [3.8, 4) is 0 Å². The summed E-state index contributed by atoms with van der Waals surface area (Å²) in [6, 6.07) is 8.47. The Kier molecular flexibility index (Phi) is 6.12. The first-order chi connectivity index (χ1) is 8.13. The first kappa shape index (κ1) is 14.1. The van der Waals surface area contributed by atoms with Crippen LogP contribution in [0.15, 0.2) is 29.2 Å². The van der Waals surface area contributed by atoms with Crippen molar-refractivity contribution in [1.29, 1.82) is 0 Å². The molecule has 1 aromatic rings. The molecule has 17 heavy (non-hydrogen) atoms. The number of thioether (sulfide) groups is 1. The van der Waals surface area contributed by atoms with Crippen LogP contribution in [-0.4, -0.2) is 18.2 Å². The Morgan fingerprint density at radius 2 is 2.00 bits per heavy atom. The maximum Gasteiger partial charge on any atom is 0.222 e. The molecule has 2 nitrogen and oxygen atoms in total. The quantitative estimate of drug-likeness (QED) is 0.621. The molecule has 0 unspecified atom stereocenters. The van der Waals surface area contributed by atoms with E-state index in [-0.39, 0.29) is 11.8 Å². The van der Waals surface area contributed by atoms with Crippen LogP contribution >= 0.6 is 11.8 Å². The second kappa shape index (κ2) is 7.38. The predicted molar refractivity (Wildman–Crippen MR) is 74.4 cm³/mol. The van der Waals surface area contributed by atoms with Gasteiger partial charge in [0.2, 0.25) is 5.91 Å². The number of hydrogen-bond donors (Lipinski definition) is 1. The molecule has 0 spiro atoms. The highest BCUT2D eigenvalue weighted by Crippen LogP contribution is 2.17. The van der Waals surface area contributed by atoms with Gasteiger partial charge in [-0.1, -0.05) is 31.5 Å². The van der Waals surface area contributed by atoms with Gasteiger partial charge in [0.25, 0.3) is 0 Å². The van der Waals surface area contributed by atoms with Crippen molar-refractivity contribution in [3.05, 3.63) is 29.8 Å². The molecule has 1 N–H and O–H groups in total. The number of amides is 1. The molecule has 94 valence electrons. The lowest BCUT2D eigenvalue weighted by Crippen LogP contribution is -2.30. The lowest BCUT2D eigenvalue weighted by Gasteiger charge is -2.09. The van der Waals surface area contributed by atoms with Crippen LogP contribution in [0.4, 0.5) is 0 Å². The van der Waals surface area contributed by atoms with Gasteiger partial charge in [0.05, 0.1) is 0 Å². The van der Waals surface area contributed by atoms with Crippen molar-refractivity contribution in [2.45, 2.75) is 32.1 Å². The normalized spacial score (nSPS) is 12.2. The summed E-state index contributed by atoms with van der Waals surface area (Å²) in [6.07, 6.45) is 0.900. The zero-order chi connectivity index (χ0) is 12.7. The molecule has 0 fully saturated rings. The van der Waals surface area contributed by atoms with Crippen LogP contribution in [0.1, 0.15) is 25.8 Å². The summed E-state index contributed by atoms with van der Waals surface area (Å²) in [5.74, 6) is 1.21.